The molecule has 0 bridgehead atoms. The molecular formula is C33H49BrN2O2S. The fourth-order valence-electron chi connectivity index (χ4n) is 4.82. The van der Waals surface area contributed by atoms with Gasteiger partial charge in [-0.05, 0) is 53.6 Å². The number of ether oxygens (including phenoxy) is 1. The van der Waals surface area contributed by atoms with Gasteiger partial charge in [0.05, 0.1) is 18.9 Å². The summed E-state index contributed by atoms with van der Waals surface area (Å²) < 4.78 is 5.92. The van der Waals surface area contributed by atoms with E-state index < -0.39 is 0 Å². The second kappa shape index (κ2) is 20.0. The van der Waals surface area contributed by atoms with Crippen LogP contribution in [0.3, 0.4) is 0 Å². The highest BCUT2D eigenvalue weighted by Crippen LogP contribution is 2.26. The molecule has 1 aliphatic heterocycles. The Balaban J connectivity index is 0.00000533. The molecule has 0 radical (unpaired) electrons. The van der Waals surface area contributed by atoms with Crippen LogP contribution in [0.1, 0.15) is 102 Å². The summed E-state index contributed by atoms with van der Waals surface area (Å²) in [7, 11) is 0. The number of anilines is 1. The van der Waals surface area contributed by atoms with E-state index in [1.165, 1.54) is 81.1 Å². The molecule has 0 aliphatic carbocycles. The van der Waals surface area contributed by atoms with Crippen molar-refractivity contribution < 1.29 is 9.53 Å². The van der Waals surface area contributed by atoms with Crippen molar-refractivity contribution in [3.8, 4) is 5.75 Å². The minimum absolute atomic E-state index is 0. The minimum Gasteiger partial charge on any atom is -0.494 e. The van der Waals surface area contributed by atoms with Crippen molar-refractivity contribution in [1.29, 1.82) is 0 Å². The molecule has 0 atom stereocenters. The summed E-state index contributed by atoms with van der Waals surface area (Å²) in [5.74, 6) is 1.87. The van der Waals surface area contributed by atoms with Gasteiger partial charge in [0.15, 0.2) is 0 Å². The van der Waals surface area contributed by atoms with Gasteiger partial charge in [-0.1, -0.05) is 102 Å². The van der Waals surface area contributed by atoms with Gasteiger partial charge < -0.3 is 15.0 Å². The Hall–Kier alpha value is -1.92. The molecule has 0 fully saturated rings. The standard InChI is InChI=1S/C33H48N2O2S.BrH/c1-3-4-5-6-7-8-9-10-11-12-13-14-22-37-32-20-18-29(19-21-32)24-33(36)34-31-17-15-16-30(23-31)26-35-25-28(2)38-27-35;/h15-21,23,25H,3-14,22,24,26-27H2,1-2H3,(H,34,36);1H. The average Bonchev–Trinajstić information content (AvgIpc) is 3.32. The highest BCUT2D eigenvalue weighted by Gasteiger charge is 2.11. The van der Waals surface area contributed by atoms with E-state index >= 15 is 0 Å². The van der Waals surface area contributed by atoms with E-state index in [1.807, 2.05) is 48.2 Å². The molecule has 0 saturated heterocycles. The lowest BCUT2D eigenvalue weighted by Crippen LogP contribution is -2.15. The third-order valence-electron chi connectivity index (χ3n) is 6.97. The summed E-state index contributed by atoms with van der Waals surface area (Å²) in [5, 5.41) is 3.05. The van der Waals surface area contributed by atoms with Gasteiger partial charge in [-0.15, -0.1) is 28.7 Å². The number of carbonyl (C=O) groups excluding carboxylic acids is 1. The van der Waals surface area contributed by atoms with Crippen LogP contribution in [0.15, 0.2) is 59.6 Å². The summed E-state index contributed by atoms with van der Waals surface area (Å²) in [6.07, 6.45) is 18.7. The number of nitrogens with one attached hydrogen (secondary N) is 1. The molecule has 2 aromatic carbocycles. The molecule has 1 N–H and O–H groups in total. The van der Waals surface area contributed by atoms with Crippen LogP contribution in [0.2, 0.25) is 0 Å². The van der Waals surface area contributed by atoms with Gasteiger partial charge in [-0.3, -0.25) is 4.79 Å². The van der Waals surface area contributed by atoms with Gasteiger partial charge in [0.25, 0.3) is 0 Å². The van der Waals surface area contributed by atoms with Crippen molar-refractivity contribution in [2.75, 3.05) is 17.8 Å². The molecule has 6 heteroatoms. The zero-order valence-electron chi connectivity index (χ0n) is 24.1. The molecule has 1 aliphatic rings. The van der Waals surface area contributed by atoms with Gasteiger partial charge in [-0.25, -0.2) is 0 Å². The largest absolute Gasteiger partial charge is 0.494 e. The van der Waals surface area contributed by atoms with E-state index in [0.29, 0.717) is 6.42 Å². The molecule has 3 rings (SSSR count). The number of thioether (sulfide) groups is 1. The Morgan fingerprint density at radius 3 is 2.13 bits per heavy atom. The predicted molar refractivity (Wildman–Crippen MR) is 174 cm³/mol. The summed E-state index contributed by atoms with van der Waals surface area (Å²) in [5.41, 5.74) is 3.04. The maximum atomic E-state index is 12.6. The van der Waals surface area contributed by atoms with Gasteiger partial charge in [0, 0.05) is 18.4 Å². The van der Waals surface area contributed by atoms with Gasteiger partial charge in [0.2, 0.25) is 5.91 Å². The maximum absolute atomic E-state index is 12.6. The lowest BCUT2D eigenvalue weighted by atomic mass is 10.1. The Morgan fingerprint density at radius 1 is 0.872 bits per heavy atom. The molecule has 0 unspecified atom stereocenters. The predicted octanol–water partition coefficient (Wildman–Crippen LogP) is 9.89. The Morgan fingerprint density at radius 2 is 1.51 bits per heavy atom. The third kappa shape index (κ3) is 14.3. The number of nitrogens with zero attached hydrogens (tertiary/aromatic N) is 1. The fourth-order valence-corrected chi connectivity index (χ4v) is 5.58. The zero-order valence-corrected chi connectivity index (χ0v) is 26.6. The number of rotatable bonds is 19. The van der Waals surface area contributed by atoms with Crippen molar-refractivity contribution in [2.45, 2.75) is 104 Å². The van der Waals surface area contributed by atoms with Crippen molar-refractivity contribution in [2.24, 2.45) is 0 Å². The van der Waals surface area contributed by atoms with E-state index in [0.717, 1.165) is 42.4 Å². The summed E-state index contributed by atoms with van der Waals surface area (Å²) in [4.78, 5) is 16.2. The first-order chi connectivity index (χ1) is 18.6. The first-order valence-electron chi connectivity index (χ1n) is 14.8. The lowest BCUT2D eigenvalue weighted by Gasteiger charge is -2.15. The molecule has 2 aromatic rings. The monoisotopic (exact) mass is 616 g/mol. The topological polar surface area (TPSA) is 41.6 Å². The minimum atomic E-state index is -0.000204. The van der Waals surface area contributed by atoms with E-state index in [1.54, 1.807) is 0 Å². The molecule has 1 amide bonds. The fraction of sp³-hybridized carbons (Fsp3) is 0.545. The first-order valence-corrected chi connectivity index (χ1v) is 15.8. The van der Waals surface area contributed by atoms with Gasteiger partial charge in [0.1, 0.15) is 5.75 Å². The van der Waals surface area contributed by atoms with E-state index in [4.69, 9.17) is 4.74 Å². The zero-order chi connectivity index (χ0) is 26.8. The molecule has 39 heavy (non-hydrogen) atoms. The number of amides is 1. The highest BCUT2D eigenvalue weighted by atomic mass is 79.9. The van der Waals surface area contributed by atoms with Crippen LogP contribution in [-0.2, 0) is 17.8 Å². The molecule has 1 heterocycles. The van der Waals surface area contributed by atoms with Crippen molar-refractivity contribution in [3.63, 3.8) is 0 Å². The second-order valence-electron chi connectivity index (χ2n) is 10.6. The van der Waals surface area contributed by atoms with E-state index in [2.05, 4.69) is 42.4 Å². The number of halogens is 1. The van der Waals surface area contributed by atoms with Crippen molar-refractivity contribution >= 4 is 40.3 Å². The van der Waals surface area contributed by atoms with E-state index in [9.17, 15) is 4.79 Å². The molecule has 0 saturated carbocycles. The van der Waals surface area contributed by atoms with Crippen molar-refractivity contribution in [1.82, 2.24) is 4.90 Å². The molecule has 0 aromatic heterocycles. The number of hydrogen-bond donors (Lipinski definition) is 1. The van der Waals surface area contributed by atoms with E-state index in [-0.39, 0.29) is 22.9 Å². The highest BCUT2D eigenvalue weighted by molar-refractivity contribution is 8.93. The number of hydrogen-bond acceptors (Lipinski definition) is 4. The van der Waals surface area contributed by atoms with Crippen LogP contribution in [0.4, 0.5) is 5.69 Å². The molecular weight excluding hydrogens is 568 g/mol. The summed E-state index contributed by atoms with van der Waals surface area (Å²) >= 11 is 1.86. The van der Waals surface area contributed by atoms with Crippen LogP contribution in [0.5, 0.6) is 5.75 Å². The second-order valence-corrected chi connectivity index (χ2v) is 11.8. The number of allylic oxidation sites excluding steroid dienone is 1. The Bertz CT molecular complexity index is 980. The van der Waals surface area contributed by atoms with Crippen LogP contribution in [-0.4, -0.2) is 23.3 Å². The quantitative estimate of drug-likeness (QED) is 0.159. The normalized spacial score (nSPS) is 12.7. The lowest BCUT2D eigenvalue weighted by molar-refractivity contribution is -0.115. The molecule has 4 nitrogen and oxygen atoms in total. The van der Waals surface area contributed by atoms with Gasteiger partial charge in [-0.2, -0.15) is 0 Å². The smallest absolute Gasteiger partial charge is 0.228 e. The average molecular weight is 618 g/mol. The summed E-state index contributed by atoms with van der Waals surface area (Å²) in [6, 6.07) is 16.1. The van der Waals surface area contributed by atoms with Crippen LogP contribution >= 0.6 is 28.7 Å². The summed E-state index contributed by atoms with van der Waals surface area (Å²) in [6.45, 7) is 6.04. The Kier molecular flexibility index (Phi) is 17.1. The number of unbranched alkanes of at least 4 members (excludes halogenated alkanes) is 11. The van der Waals surface area contributed by atoms with Crippen LogP contribution in [0.25, 0.3) is 0 Å². The van der Waals surface area contributed by atoms with Crippen LogP contribution < -0.4 is 10.1 Å². The molecule has 216 valence electrons. The SMILES string of the molecule is Br.CCCCCCCCCCCCCCOc1ccc(CC(=O)Nc2cccc(CN3C=C(C)SC3)c2)cc1. The first kappa shape index (κ1) is 33.3. The van der Waals surface area contributed by atoms with Crippen LogP contribution in [0, 0.1) is 0 Å². The number of carbonyl (C=O) groups is 1. The van der Waals surface area contributed by atoms with Gasteiger partial charge >= 0.3 is 0 Å². The van der Waals surface area contributed by atoms with Crippen molar-refractivity contribution in [3.05, 3.63) is 70.8 Å². The number of benzene rings is 2. The third-order valence-corrected chi connectivity index (χ3v) is 7.99. The maximum Gasteiger partial charge on any atom is 0.228 e. The Labute approximate surface area is 252 Å². The molecule has 0 spiro atoms.